The molecule has 29 nitrogen and oxygen atoms in total. The van der Waals surface area contributed by atoms with E-state index in [9.17, 15) is 98.8 Å². The van der Waals surface area contributed by atoms with Crippen molar-refractivity contribution in [3.63, 3.8) is 0 Å². The zero-order valence-electron chi connectivity index (χ0n) is 81.9. The van der Waals surface area contributed by atoms with Crippen LogP contribution in [0.5, 0.6) is 0 Å². The van der Waals surface area contributed by atoms with E-state index in [4.69, 9.17) is 4.98 Å². The Morgan fingerprint density at radius 3 is 1.16 bits per heavy atom. The van der Waals surface area contributed by atoms with E-state index in [0.29, 0.717) is 86.2 Å². The number of likely N-dealkylation sites (tertiary alicyclic amines) is 3. The Kier molecular flexibility index (Phi) is 33.5. The largest absolute Gasteiger partial charge is 0.416 e. The molecule has 0 spiro atoms. The fraction of sp³-hybridized carbons (Fsp3) is 0.364. The number of hydrogen-bond acceptors (Lipinski definition) is 18. The van der Waals surface area contributed by atoms with Gasteiger partial charge in [0.2, 0.25) is 35.6 Å². The van der Waals surface area contributed by atoms with Crippen molar-refractivity contribution < 1.29 is 93.6 Å². The van der Waals surface area contributed by atoms with Gasteiger partial charge in [-0.05, 0) is 296 Å². The molecule has 4 aromatic heterocycles. The molecule has 14 aromatic rings. The number of anilines is 5. The first-order chi connectivity index (χ1) is 70.9. The molecule has 5 fully saturated rings. The number of nitrogens with one attached hydrogen (secondary N) is 5. The van der Waals surface area contributed by atoms with E-state index in [2.05, 4.69) is 63.5 Å². The van der Waals surface area contributed by atoms with Gasteiger partial charge in [0, 0.05) is 121 Å². The van der Waals surface area contributed by atoms with Gasteiger partial charge in [-0.1, -0.05) is 100 Å². The summed E-state index contributed by atoms with van der Waals surface area (Å²) < 4.78 is 126. The molecule has 0 bridgehead atoms. The van der Waals surface area contributed by atoms with Gasteiger partial charge in [0.05, 0.1) is 71.9 Å². The van der Waals surface area contributed by atoms with Crippen LogP contribution in [0.2, 0.25) is 0 Å². The van der Waals surface area contributed by atoms with Crippen LogP contribution in [0, 0.1) is 21.4 Å². The van der Waals surface area contributed by atoms with E-state index in [1.807, 2.05) is 111 Å². The third-order valence-electron chi connectivity index (χ3n) is 27.3. The number of benzene rings is 10. The summed E-state index contributed by atoms with van der Waals surface area (Å²) in [5, 5.41) is 63.1. The number of aliphatic hydroxyl groups excluding tert-OH is 4. The Hall–Kier alpha value is -14.6. The maximum absolute atomic E-state index is 13.2. The summed E-state index contributed by atoms with van der Waals surface area (Å²) in [6.07, 6.45) is 1.49. The fourth-order valence-corrected chi connectivity index (χ4v) is 19.4. The van der Waals surface area contributed by atoms with Gasteiger partial charge in [0.15, 0.2) is 0 Å². The topological polar surface area (TPSA) is 368 Å². The second kappa shape index (κ2) is 46.7. The highest BCUT2D eigenvalue weighted by Gasteiger charge is 2.37. The van der Waals surface area contributed by atoms with Crippen LogP contribution in [0.4, 0.5) is 74.7 Å². The SMILES string of the molecule is CC(C)(C)C(=O)Nc1ccc2c(c1)nc(NC(=O)c1cccc(C(F)(F)F)c1)n2C1CCC(CO)CC1.O=C(Nc1nc2cc(CN3CCCC3=O)ccc2n1C1CCC(O)CC1)c1cccc(C(F)(F)F)c1.O=C(Nc1nc2cc(CN3CCCCC3)ccc2n1-c1ccc(CCO)cc1)c1cccc(C(F)(F)F)c1.O=C(Nc1nc2cc(CN3CCCCC3)ccc2n1-c1ccc(CCO)cc1)c1cccc([N+](=O)[O-])c1. The van der Waals surface area contributed by atoms with Crippen molar-refractivity contribution in [2.24, 2.45) is 11.3 Å². The van der Waals surface area contributed by atoms with Crippen molar-refractivity contribution in [2.45, 2.75) is 193 Å². The van der Waals surface area contributed by atoms with Crippen LogP contribution in [-0.2, 0) is 60.6 Å². The molecular weight excluding hydrogens is 1920 g/mol. The van der Waals surface area contributed by atoms with Gasteiger partial charge < -0.3 is 39.8 Å². The molecule has 3 aliphatic heterocycles. The lowest BCUT2D eigenvalue weighted by molar-refractivity contribution is -0.384. The van der Waals surface area contributed by atoms with Crippen LogP contribution in [0.15, 0.2) is 218 Å². The second-order valence-corrected chi connectivity index (χ2v) is 39.1. The minimum Gasteiger partial charge on any atom is -0.396 e. The summed E-state index contributed by atoms with van der Waals surface area (Å²) in [5.41, 5.74) is 9.35. The molecule has 776 valence electrons. The van der Waals surface area contributed by atoms with E-state index in [1.165, 1.54) is 99.2 Å². The summed E-state index contributed by atoms with van der Waals surface area (Å²) in [5.74, 6) is -1.35. The lowest BCUT2D eigenvalue weighted by Crippen LogP contribution is -2.29. The van der Waals surface area contributed by atoms with Crippen LogP contribution < -0.4 is 26.6 Å². The molecule has 5 aliphatic rings. The number of imidazole rings is 4. The summed E-state index contributed by atoms with van der Waals surface area (Å²) in [6.45, 7) is 12.8. The summed E-state index contributed by atoms with van der Waals surface area (Å²) in [7, 11) is 0. The van der Waals surface area contributed by atoms with Crippen LogP contribution in [0.25, 0.3) is 55.5 Å². The predicted octanol–water partition coefficient (Wildman–Crippen LogP) is 21.4. The molecule has 10 aromatic carbocycles. The van der Waals surface area contributed by atoms with Crippen LogP contribution in [0.1, 0.15) is 222 Å². The number of fused-ring (bicyclic) bond motifs is 4. The zero-order chi connectivity index (χ0) is 105. The highest BCUT2D eigenvalue weighted by Crippen LogP contribution is 2.42. The Morgan fingerprint density at radius 2 is 0.764 bits per heavy atom. The molecule has 38 heteroatoms. The van der Waals surface area contributed by atoms with E-state index in [1.54, 1.807) is 42.4 Å². The number of rotatable bonds is 25. The Morgan fingerprint density at radius 1 is 0.399 bits per heavy atom. The number of aliphatic hydroxyl groups is 4. The minimum absolute atomic E-state index is 0.0142. The van der Waals surface area contributed by atoms with Crippen molar-refractivity contribution in [3.05, 3.63) is 295 Å². The molecule has 0 unspecified atom stereocenters. The Bertz CT molecular complexity index is 7130. The normalized spacial score (nSPS) is 17.0. The lowest BCUT2D eigenvalue weighted by Gasteiger charge is -2.29. The molecule has 148 heavy (non-hydrogen) atoms. The third kappa shape index (κ3) is 26.3. The van der Waals surface area contributed by atoms with Crippen LogP contribution in [-0.4, -0.2) is 172 Å². The molecule has 2 saturated carbocycles. The first-order valence-electron chi connectivity index (χ1n) is 49.7. The second-order valence-electron chi connectivity index (χ2n) is 39.1. The van der Waals surface area contributed by atoms with E-state index in [-0.39, 0.29) is 102 Å². The smallest absolute Gasteiger partial charge is 0.396 e. The number of hydrogen-bond donors (Lipinski definition) is 9. The number of aromatic nitrogens is 8. The molecule has 9 N–H and O–H groups in total. The quantitative estimate of drug-likeness (QED) is 0.0146. The highest BCUT2D eigenvalue weighted by atomic mass is 19.4. The first-order valence-corrected chi connectivity index (χ1v) is 49.7. The van der Waals surface area contributed by atoms with E-state index >= 15 is 0 Å². The summed E-state index contributed by atoms with van der Waals surface area (Å²) in [6, 6.07) is 56.9. The molecule has 0 atom stereocenters. The fourth-order valence-electron chi connectivity index (χ4n) is 19.4. The van der Waals surface area contributed by atoms with Gasteiger partial charge >= 0.3 is 18.5 Å². The summed E-state index contributed by atoms with van der Waals surface area (Å²) in [4.78, 5) is 113. The number of piperidine rings is 2. The van der Waals surface area contributed by atoms with Gasteiger partial charge in [-0.25, -0.2) is 19.9 Å². The highest BCUT2D eigenvalue weighted by molar-refractivity contribution is 6.07. The van der Waals surface area contributed by atoms with E-state index in [0.717, 1.165) is 175 Å². The number of nitro benzene ring substituents is 1. The van der Waals surface area contributed by atoms with Crippen LogP contribution >= 0.6 is 0 Å². The number of carbonyl (C=O) groups is 6. The minimum atomic E-state index is -4.57. The standard InChI is InChI=1S/C29H29F3N4O2.C28H29N5O4.C27H31F3N4O3.C26H27F3N4O3/c30-29(31,32)23-6-4-5-22(18-23)27(38)34-28-33-25-17-21(19-35-14-2-1-3-15-35)9-12-26(25)36(28)24-10-7-20(8-11-24)13-16-37;34-16-13-20-7-10-23(11-8-20)32-26-12-9-21(19-31-14-2-1-3-15-31)17-25(26)29-28(32)30-27(35)22-5-4-6-24(18-22)33(36)37;1-26(2,3)24(37)31-19-9-12-22-21(14-19)32-25(34(22)20-10-7-16(15-35)8-11-20)33-23(36)17-5-4-6-18(13-17)27(28,29)30;27-26(28,29)18-4-1-3-17(14-18)24(36)31-25-30-21-13-16(15-32-12-2-5-23(32)35)6-11-22(21)33(25)19-7-9-20(34)10-8-19/h4-12,17-18,37H,1-3,13-16,19H2,(H,33,34,38);4-12,17-18,34H,1-3,13-16,19H2,(H,29,30,35);4-6,9,12-14,16,20,35H,7-8,10-11,15H2,1-3H3,(H,31,37)(H,32,33,36);1,3-4,6,11,13-14,19-20,34H,2,5,7-10,12,15H2,(H,30,31,36). The maximum Gasteiger partial charge on any atom is 0.416 e. The third-order valence-corrected chi connectivity index (χ3v) is 27.3. The number of carbonyl (C=O) groups excluding carboxylic acids is 6. The van der Waals surface area contributed by atoms with Gasteiger partial charge in [-0.3, -0.25) is 79.1 Å². The van der Waals surface area contributed by atoms with Gasteiger partial charge in [0.1, 0.15) is 0 Å². The Labute approximate surface area is 846 Å². The molecule has 6 amide bonds. The van der Waals surface area contributed by atoms with Gasteiger partial charge in [-0.15, -0.1) is 0 Å². The molecule has 7 heterocycles. The number of nitro groups is 1. The number of alkyl halides is 9. The van der Waals surface area contributed by atoms with Crippen molar-refractivity contribution in [2.75, 3.05) is 79.1 Å². The maximum atomic E-state index is 13.2. The average molecular weight is 2040 g/mol. The van der Waals surface area contributed by atoms with Crippen molar-refractivity contribution in [3.8, 4) is 11.4 Å². The molecule has 3 saturated heterocycles. The Balaban J connectivity index is 0.000000141. The molecule has 19 rings (SSSR count). The average Bonchev–Trinajstić information content (AvgIpc) is 1.63. The molecule has 0 radical (unpaired) electrons. The first kappa shape index (κ1) is 106. The number of halogens is 9. The van der Waals surface area contributed by atoms with Crippen molar-refractivity contribution in [1.82, 2.24) is 52.9 Å². The van der Waals surface area contributed by atoms with E-state index < -0.39 is 69.2 Å². The molecular formula is C110H116F9N17O12. The van der Waals surface area contributed by atoms with Gasteiger partial charge in [0.25, 0.3) is 29.3 Å². The number of amides is 6. The van der Waals surface area contributed by atoms with Gasteiger partial charge in [-0.2, -0.15) is 39.5 Å². The zero-order valence-corrected chi connectivity index (χ0v) is 81.9. The van der Waals surface area contributed by atoms with Crippen molar-refractivity contribution in [1.29, 1.82) is 0 Å². The van der Waals surface area contributed by atoms with Crippen LogP contribution in [0.3, 0.4) is 0 Å². The summed E-state index contributed by atoms with van der Waals surface area (Å²) >= 11 is 0. The monoisotopic (exact) mass is 2040 g/mol. The number of nitrogens with zero attached hydrogens (tertiary/aromatic N) is 12. The molecule has 2 aliphatic carbocycles. The number of non-ortho nitro benzene ring substituents is 1. The van der Waals surface area contributed by atoms with Crippen molar-refractivity contribution >= 4 is 115 Å². The lowest BCUT2D eigenvalue weighted by atomic mass is 9.86. The predicted molar refractivity (Wildman–Crippen MR) is 545 cm³/mol.